The number of nitrogens with zero attached hydrogens (tertiary/aromatic N) is 5. The molecule has 2 saturated heterocycles. The van der Waals surface area contributed by atoms with Crippen LogP contribution < -0.4 is 4.90 Å². The Hall–Kier alpha value is -2.41. The van der Waals surface area contributed by atoms with Gasteiger partial charge in [0.05, 0.1) is 18.0 Å². The van der Waals surface area contributed by atoms with Gasteiger partial charge in [0.15, 0.2) is 0 Å². The van der Waals surface area contributed by atoms with Gasteiger partial charge >= 0.3 is 0 Å². The summed E-state index contributed by atoms with van der Waals surface area (Å²) in [4.78, 5) is 25.2. The molecule has 25 heavy (non-hydrogen) atoms. The number of aromatic nitrogens is 3. The number of anilines is 1. The third-order valence-corrected chi connectivity index (χ3v) is 5.02. The fourth-order valence-corrected chi connectivity index (χ4v) is 3.62. The van der Waals surface area contributed by atoms with E-state index in [1.807, 2.05) is 34.5 Å². The molecule has 1 N–H and O–H groups in total. The Morgan fingerprint density at radius 3 is 2.84 bits per heavy atom. The Morgan fingerprint density at radius 1 is 1.28 bits per heavy atom. The number of likely N-dealkylation sites (tertiary alicyclic amines) is 1. The van der Waals surface area contributed by atoms with Gasteiger partial charge < -0.3 is 19.5 Å². The zero-order chi connectivity index (χ0) is 17.2. The number of rotatable bonds is 4. The number of aliphatic hydroxyl groups excluding tert-OH is 1. The van der Waals surface area contributed by atoms with E-state index in [2.05, 4.69) is 14.5 Å². The first-order valence-electron chi connectivity index (χ1n) is 8.83. The zero-order valence-electron chi connectivity index (χ0n) is 14.2. The number of pyridine rings is 1. The highest BCUT2D eigenvalue weighted by Crippen LogP contribution is 2.22. The molecule has 1 atom stereocenters. The van der Waals surface area contributed by atoms with E-state index in [0.717, 1.165) is 38.3 Å². The van der Waals surface area contributed by atoms with E-state index in [0.29, 0.717) is 24.6 Å². The molecule has 4 rings (SSSR count). The number of amides is 1. The lowest BCUT2D eigenvalue weighted by molar-refractivity contribution is 0.0662. The molecule has 1 amide bonds. The van der Waals surface area contributed by atoms with Gasteiger partial charge in [0.2, 0.25) is 0 Å². The number of piperidine rings is 1. The zero-order valence-corrected chi connectivity index (χ0v) is 14.2. The minimum absolute atomic E-state index is 0.0537. The summed E-state index contributed by atoms with van der Waals surface area (Å²) in [6.07, 6.45) is 9.15. The van der Waals surface area contributed by atoms with Crippen LogP contribution >= 0.6 is 0 Å². The van der Waals surface area contributed by atoms with Crippen LogP contribution in [0.3, 0.4) is 0 Å². The average molecular weight is 341 g/mol. The van der Waals surface area contributed by atoms with Crippen LogP contribution in [0.15, 0.2) is 37.1 Å². The molecule has 0 bridgehead atoms. The maximum atomic E-state index is 12.8. The molecule has 2 fully saturated rings. The SMILES string of the molecule is O=C(c1ccc(N2CC(O)C2)nc1)N1CCCC(Cn2ccnc2)C1. The second-order valence-corrected chi connectivity index (χ2v) is 6.98. The number of hydrogen-bond donors (Lipinski definition) is 1. The number of carbonyl (C=O) groups excluding carboxylic acids is 1. The Balaban J connectivity index is 1.38. The summed E-state index contributed by atoms with van der Waals surface area (Å²) in [5.74, 6) is 1.33. The number of aliphatic hydroxyl groups is 1. The molecule has 4 heterocycles. The molecule has 0 aliphatic carbocycles. The maximum absolute atomic E-state index is 12.8. The lowest BCUT2D eigenvalue weighted by atomic mass is 9.97. The van der Waals surface area contributed by atoms with Crippen LogP contribution in [0, 0.1) is 5.92 Å². The van der Waals surface area contributed by atoms with Gasteiger partial charge in [0.25, 0.3) is 5.91 Å². The van der Waals surface area contributed by atoms with Gasteiger partial charge in [-0.3, -0.25) is 4.79 Å². The summed E-state index contributed by atoms with van der Waals surface area (Å²) in [5.41, 5.74) is 0.633. The van der Waals surface area contributed by atoms with Gasteiger partial charge in [-0.25, -0.2) is 9.97 Å². The van der Waals surface area contributed by atoms with E-state index in [9.17, 15) is 9.90 Å². The molecule has 2 aromatic rings. The minimum Gasteiger partial charge on any atom is -0.389 e. The minimum atomic E-state index is -0.260. The number of β-amino-alcohol motifs (C(OH)–C–C–N with tert-alkyl or cyclic N) is 1. The van der Waals surface area contributed by atoms with E-state index in [4.69, 9.17) is 0 Å². The molecule has 132 valence electrons. The van der Waals surface area contributed by atoms with Crippen LogP contribution in [0.25, 0.3) is 0 Å². The molecule has 1 unspecified atom stereocenters. The number of imidazole rings is 1. The van der Waals surface area contributed by atoms with Crippen LogP contribution in [0.5, 0.6) is 0 Å². The number of carbonyl (C=O) groups is 1. The normalized spacial score (nSPS) is 21.2. The van der Waals surface area contributed by atoms with Crippen molar-refractivity contribution < 1.29 is 9.90 Å². The molecule has 0 saturated carbocycles. The highest BCUT2D eigenvalue weighted by molar-refractivity contribution is 5.94. The monoisotopic (exact) mass is 341 g/mol. The Labute approximate surface area is 146 Å². The van der Waals surface area contributed by atoms with Crippen molar-refractivity contribution in [3.63, 3.8) is 0 Å². The van der Waals surface area contributed by atoms with E-state index >= 15 is 0 Å². The molecule has 0 spiro atoms. The van der Waals surface area contributed by atoms with E-state index < -0.39 is 0 Å². The maximum Gasteiger partial charge on any atom is 0.255 e. The largest absolute Gasteiger partial charge is 0.389 e. The highest BCUT2D eigenvalue weighted by atomic mass is 16.3. The van der Waals surface area contributed by atoms with Crippen LogP contribution in [0.4, 0.5) is 5.82 Å². The van der Waals surface area contributed by atoms with Crippen molar-refractivity contribution in [2.75, 3.05) is 31.1 Å². The lowest BCUT2D eigenvalue weighted by Crippen LogP contribution is -2.51. The fourth-order valence-electron chi connectivity index (χ4n) is 3.62. The van der Waals surface area contributed by atoms with Crippen molar-refractivity contribution in [1.82, 2.24) is 19.4 Å². The third kappa shape index (κ3) is 3.51. The van der Waals surface area contributed by atoms with Crippen LogP contribution in [0.1, 0.15) is 23.2 Å². The predicted octanol–water partition coefficient (Wildman–Crippen LogP) is 1.01. The molecule has 0 radical (unpaired) electrons. The Kier molecular flexibility index (Phi) is 4.40. The first-order chi connectivity index (χ1) is 12.2. The first-order valence-corrected chi connectivity index (χ1v) is 8.83. The van der Waals surface area contributed by atoms with E-state index in [1.54, 1.807) is 12.4 Å². The summed E-state index contributed by atoms with van der Waals surface area (Å²) in [6.45, 7) is 3.71. The molecule has 2 aromatic heterocycles. The molecule has 2 aliphatic heterocycles. The van der Waals surface area contributed by atoms with Gasteiger partial charge in [-0.1, -0.05) is 0 Å². The standard InChI is InChI=1S/C18H23N5O2/c24-16-11-23(12-16)17-4-3-15(8-20-17)18(25)22-6-1-2-14(10-22)9-21-7-5-19-13-21/h3-5,7-8,13-14,16,24H,1-2,6,9-12H2. The van der Waals surface area contributed by atoms with Gasteiger partial charge in [0, 0.05) is 51.3 Å². The summed E-state index contributed by atoms with van der Waals surface area (Å²) in [6, 6.07) is 3.71. The molecule has 2 aliphatic rings. The van der Waals surface area contributed by atoms with Crippen molar-refractivity contribution in [3.8, 4) is 0 Å². The van der Waals surface area contributed by atoms with Gasteiger partial charge in [-0.2, -0.15) is 0 Å². The van der Waals surface area contributed by atoms with E-state index in [-0.39, 0.29) is 12.0 Å². The van der Waals surface area contributed by atoms with Crippen molar-refractivity contribution >= 4 is 11.7 Å². The predicted molar refractivity (Wildman–Crippen MR) is 93.3 cm³/mol. The van der Waals surface area contributed by atoms with Crippen LogP contribution in [-0.2, 0) is 6.54 Å². The second kappa shape index (κ2) is 6.84. The van der Waals surface area contributed by atoms with Crippen LogP contribution in [-0.4, -0.2) is 62.7 Å². The summed E-state index contributed by atoms with van der Waals surface area (Å²) < 4.78 is 2.08. The highest BCUT2D eigenvalue weighted by Gasteiger charge is 2.27. The Morgan fingerprint density at radius 2 is 2.16 bits per heavy atom. The smallest absolute Gasteiger partial charge is 0.255 e. The van der Waals surface area contributed by atoms with Crippen LogP contribution in [0.2, 0.25) is 0 Å². The summed E-state index contributed by atoms with van der Waals surface area (Å²) in [5, 5.41) is 9.37. The van der Waals surface area contributed by atoms with E-state index in [1.165, 1.54) is 0 Å². The third-order valence-electron chi connectivity index (χ3n) is 5.02. The average Bonchev–Trinajstić information content (AvgIpc) is 3.12. The fraction of sp³-hybridized carbons (Fsp3) is 0.500. The van der Waals surface area contributed by atoms with Gasteiger partial charge in [-0.15, -0.1) is 0 Å². The first kappa shape index (κ1) is 16.1. The topological polar surface area (TPSA) is 74.5 Å². The molecule has 0 aromatic carbocycles. The molecule has 7 nitrogen and oxygen atoms in total. The van der Waals surface area contributed by atoms with Crippen molar-refractivity contribution in [2.24, 2.45) is 5.92 Å². The molecular formula is C18H23N5O2. The Bertz CT molecular complexity index is 710. The quantitative estimate of drug-likeness (QED) is 0.898. The van der Waals surface area contributed by atoms with Gasteiger partial charge in [0.1, 0.15) is 5.82 Å². The van der Waals surface area contributed by atoms with Gasteiger partial charge in [-0.05, 0) is 30.9 Å². The number of hydrogen-bond acceptors (Lipinski definition) is 5. The lowest BCUT2D eigenvalue weighted by Gasteiger charge is -2.37. The molecule has 7 heteroatoms. The van der Waals surface area contributed by atoms with Crippen molar-refractivity contribution in [1.29, 1.82) is 0 Å². The summed E-state index contributed by atoms with van der Waals surface area (Å²) in [7, 11) is 0. The van der Waals surface area contributed by atoms with Crippen molar-refractivity contribution in [3.05, 3.63) is 42.6 Å². The van der Waals surface area contributed by atoms with Crippen molar-refractivity contribution in [2.45, 2.75) is 25.5 Å². The summed E-state index contributed by atoms with van der Waals surface area (Å²) >= 11 is 0. The second-order valence-electron chi connectivity index (χ2n) is 6.98. The molecular weight excluding hydrogens is 318 g/mol.